The van der Waals surface area contributed by atoms with Gasteiger partial charge in [-0.05, 0) is 72.6 Å². The average Bonchev–Trinajstić information content (AvgIpc) is 3.07. The molecule has 198 valence electrons. The molecule has 0 radical (unpaired) electrons. The van der Waals surface area contributed by atoms with Gasteiger partial charge in [0.2, 0.25) is 15.9 Å². The molecule has 37 heavy (non-hydrogen) atoms. The second-order valence-corrected chi connectivity index (χ2v) is 13.1. The van der Waals surface area contributed by atoms with E-state index in [4.69, 9.17) is 4.74 Å². The molecule has 1 aliphatic heterocycles. The molecule has 1 heterocycles. The summed E-state index contributed by atoms with van der Waals surface area (Å²) < 4.78 is 33.8. The summed E-state index contributed by atoms with van der Waals surface area (Å²) in [6, 6.07) is 12.2. The van der Waals surface area contributed by atoms with E-state index in [1.807, 2.05) is 0 Å². The van der Waals surface area contributed by atoms with Gasteiger partial charge in [-0.2, -0.15) is 4.31 Å². The van der Waals surface area contributed by atoms with Crippen LogP contribution in [0.15, 0.2) is 53.4 Å². The Hall–Kier alpha value is -3.24. The summed E-state index contributed by atoms with van der Waals surface area (Å²) in [5, 5.41) is 5.23. The minimum atomic E-state index is -3.80. The lowest BCUT2D eigenvalue weighted by molar-refractivity contribution is -0.119. The normalized spacial score (nSPS) is 22.8. The third-order valence-corrected chi connectivity index (χ3v) is 8.76. The lowest BCUT2D eigenvalue weighted by atomic mass is 9.65. The van der Waals surface area contributed by atoms with Crippen LogP contribution in [0, 0.1) is 10.8 Å². The summed E-state index contributed by atoms with van der Waals surface area (Å²) in [7, 11) is -3.80. The summed E-state index contributed by atoms with van der Waals surface area (Å²) in [5.41, 5.74) is 1.12. The van der Waals surface area contributed by atoms with Crippen molar-refractivity contribution in [2.75, 3.05) is 23.8 Å². The Balaban J connectivity index is 1.38. The van der Waals surface area contributed by atoms with Gasteiger partial charge < -0.3 is 15.4 Å². The highest BCUT2D eigenvalue weighted by atomic mass is 32.2. The number of benzene rings is 2. The number of anilines is 2. The first-order valence-corrected chi connectivity index (χ1v) is 13.7. The van der Waals surface area contributed by atoms with Gasteiger partial charge in [-0.3, -0.25) is 9.59 Å². The lowest BCUT2D eigenvalue weighted by Crippen LogP contribution is -2.37. The topological polar surface area (TPSA) is 122 Å². The van der Waals surface area contributed by atoms with Crippen LogP contribution in [0.5, 0.6) is 0 Å². The van der Waals surface area contributed by atoms with Crippen LogP contribution in [0.4, 0.5) is 11.4 Å². The molecule has 10 heteroatoms. The van der Waals surface area contributed by atoms with Crippen molar-refractivity contribution in [1.29, 1.82) is 0 Å². The fraction of sp³-hybridized carbons (Fsp3) is 0.444. The van der Waals surface area contributed by atoms with E-state index in [0.29, 0.717) is 17.9 Å². The van der Waals surface area contributed by atoms with Crippen molar-refractivity contribution in [2.24, 2.45) is 10.8 Å². The van der Waals surface area contributed by atoms with Crippen LogP contribution in [0.25, 0.3) is 0 Å². The molecule has 2 atom stereocenters. The number of ether oxygens (including phenoxy) is 1. The molecule has 2 aliphatic rings. The van der Waals surface area contributed by atoms with Gasteiger partial charge in [-0.25, -0.2) is 13.2 Å². The van der Waals surface area contributed by atoms with Crippen molar-refractivity contribution >= 4 is 39.2 Å². The van der Waals surface area contributed by atoms with Gasteiger partial charge in [0.15, 0.2) is 6.61 Å². The summed E-state index contributed by atoms with van der Waals surface area (Å²) in [5.74, 6) is -1.55. The summed E-state index contributed by atoms with van der Waals surface area (Å²) >= 11 is 0. The minimum Gasteiger partial charge on any atom is -0.452 e. The second-order valence-electron chi connectivity index (χ2n) is 11.2. The van der Waals surface area contributed by atoms with Crippen LogP contribution in [-0.4, -0.2) is 49.7 Å². The molecule has 2 aromatic rings. The van der Waals surface area contributed by atoms with E-state index in [0.717, 1.165) is 19.3 Å². The Bertz CT molecular complexity index is 1320. The number of nitrogens with zero attached hydrogens (tertiary/aromatic N) is 1. The fourth-order valence-electron chi connectivity index (χ4n) is 5.86. The number of rotatable bonds is 7. The van der Waals surface area contributed by atoms with E-state index in [2.05, 4.69) is 31.4 Å². The molecule has 2 bridgehead atoms. The standard InChI is InChI=1S/C27H33N3O6S/c1-18(31)28-20-8-10-21(11-9-20)29-24(32)15-36-25(33)19-6-5-7-23(12-19)37(34,35)30-17-27(4)14-22(30)13-26(2,3)16-27/h5-12,22H,13-17H2,1-4H3,(H,28,31)(H,29,32)/t22-,27-/m0/s1. The number of carbonyl (C=O) groups is 3. The van der Waals surface area contributed by atoms with Gasteiger partial charge in [0.05, 0.1) is 10.5 Å². The van der Waals surface area contributed by atoms with Crippen LogP contribution >= 0.6 is 0 Å². The van der Waals surface area contributed by atoms with E-state index in [9.17, 15) is 22.8 Å². The SMILES string of the molecule is CC(=O)Nc1ccc(NC(=O)COC(=O)c2cccc(S(=O)(=O)N3C[C@@]4(C)C[C@@H]3CC(C)(C)C4)c2)cc1. The predicted molar refractivity (Wildman–Crippen MR) is 140 cm³/mol. The first-order valence-electron chi connectivity index (χ1n) is 12.2. The number of hydrogen-bond donors (Lipinski definition) is 2. The zero-order valence-corrected chi connectivity index (χ0v) is 22.4. The van der Waals surface area contributed by atoms with Crippen molar-refractivity contribution in [3.63, 3.8) is 0 Å². The number of sulfonamides is 1. The van der Waals surface area contributed by atoms with Gasteiger partial charge in [0.1, 0.15) is 0 Å². The molecule has 2 N–H and O–H groups in total. The van der Waals surface area contributed by atoms with E-state index in [1.54, 1.807) is 28.6 Å². The zero-order valence-electron chi connectivity index (χ0n) is 21.5. The molecule has 1 saturated carbocycles. The number of fused-ring (bicyclic) bond motifs is 2. The molecule has 2 amide bonds. The maximum atomic E-state index is 13.5. The molecular weight excluding hydrogens is 494 g/mol. The van der Waals surface area contributed by atoms with Gasteiger partial charge in [0, 0.05) is 30.9 Å². The van der Waals surface area contributed by atoms with Gasteiger partial charge in [-0.15, -0.1) is 0 Å². The van der Waals surface area contributed by atoms with E-state index in [1.165, 1.54) is 31.2 Å². The van der Waals surface area contributed by atoms with Crippen molar-refractivity contribution in [2.45, 2.75) is 57.9 Å². The van der Waals surface area contributed by atoms with Crippen LogP contribution in [0.2, 0.25) is 0 Å². The fourth-order valence-corrected chi connectivity index (χ4v) is 7.68. The molecule has 4 rings (SSSR count). The van der Waals surface area contributed by atoms with Crippen molar-refractivity contribution < 1.29 is 27.5 Å². The Morgan fingerprint density at radius 3 is 2.30 bits per heavy atom. The summed E-state index contributed by atoms with van der Waals surface area (Å²) in [4.78, 5) is 36.0. The largest absolute Gasteiger partial charge is 0.452 e. The van der Waals surface area contributed by atoms with E-state index in [-0.39, 0.29) is 33.2 Å². The number of nitrogens with one attached hydrogen (secondary N) is 2. The maximum Gasteiger partial charge on any atom is 0.338 e. The van der Waals surface area contributed by atoms with Gasteiger partial charge in [-0.1, -0.05) is 26.8 Å². The monoisotopic (exact) mass is 527 g/mol. The molecule has 9 nitrogen and oxygen atoms in total. The summed E-state index contributed by atoms with van der Waals surface area (Å²) in [6.07, 6.45) is 2.60. The van der Waals surface area contributed by atoms with Crippen molar-refractivity contribution in [3.8, 4) is 0 Å². The smallest absolute Gasteiger partial charge is 0.338 e. The van der Waals surface area contributed by atoms with Gasteiger partial charge >= 0.3 is 5.97 Å². The van der Waals surface area contributed by atoms with Gasteiger partial charge in [0.25, 0.3) is 5.91 Å². The number of hydrogen-bond acceptors (Lipinski definition) is 6. The van der Waals surface area contributed by atoms with Crippen LogP contribution in [-0.2, 0) is 24.3 Å². The molecule has 1 saturated heterocycles. The molecule has 0 aromatic heterocycles. The van der Waals surface area contributed by atoms with Crippen LogP contribution in [0.1, 0.15) is 57.3 Å². The molecule has 0 unspecified atom stereocenters. The van der Waals surface area contributed by atoms with Crippen molar-refractivity contribution in [3.05, 3.63) is 54.1 Å². The second kappa shape index (κ2) is 9.90. The predicted octanol–water partition coefficient (Wildman–Crippen LogP) is 4.03. The Labute approximate surface area is 217 Å². The minimum absolute atomic E-state index is 0.0413. The molecule has 0 spiro atoms. The first kappa shape index (κ1) is 26.8. The van der Waals surface area contributed by atoms with Crippen molar-refractivity contribution in [1.82, 2.24) is 4.31 Å². The highest BCUT2D eigenvalue weighted by Crippen LogP contribution is 2.53. The van der Waals surface area contributed by atoms with Crippen LogP contribution < -0.4 is 10.6 Å². The maximum absolute atomic E-state index is 13.5. The number of esters is 1. The highest BCUT2D eigenvalue weighted by molar-refractivity contribution is 7.89. The van der Waals surface area contributed by atoms with E-state index >= 15 is 0 Å². The third kappa shape index (κ3) is 6.19. The molecule has 2 aromatic carbocycles. The molecule has 2 fully saturated rings. The van der Waals surface area contributed by atoms with E-state index < -0.39 is 28.5 Å². The zero-order chi connectivity index (χ0) is 27.0. The van der Waals surface area contributed by atoms with Crippen LogP contribution in [0.3, 0.4) is 0 Å². The quantitative estimate of drug-likeness (QED) is 0.525. The Kier molecular flexibility index (Phi) is 7.18. The Morgan fingerprint density at radius 1 is 1.00 bits per heavy atom. The average molecular weight is 528 g/mol. The summed E-state index contributed by atoms with van der Waals surface area (Å²) in [6.45, 7) is 7.83. The molecular formula is C27H33N3O6S. The molecule has 1 aliphatic carbocycles. The number of amides is 2. The first-order chi connectivity index (χ1) is 17.3. The third-order valence-electron chi connectivity index (χ3n) is 6.87. The Morgan fingerprint density at radius 2 is 1.65 bits per heavy atom. The lowest BCUT2D eigenvalue weighted by Gasteiger charge is -2.39. The highest BCUT2D eigenvalue weighted by Gasteiger charge is 2.53. The number of carbonyl (C=O) groups excluding carboxylic acids is 3.